The highest BCUT2D eigenvalue weighted by atomic mass is 16.5. The number of nitrogens with one attached hydrogen (secondary N) is 1. The predicted octanol–water partition coefficient (Wildman–Crippen LogP) is 4.87. The third-order valence-electron chi connectivity index (χ3n) is 4.08. The Hall–Kier alpha value is -3.15. The molecule has 2 aromatic carbocycles. The molecular formula is C21H23N3O3. The van der Waals surface area contributed by atoms with Gasteiger partial charge in [0.2, 0.25) is 11.7 Å². The van der Waals surface area contributed by atoms with Crippen molar-refractivity contribution in [2.45, 2.75) is 33.1 Å². The van der Waals surface area contributed by atoms with Crippen molar-refractivity contribution in [3.05, 3.63) is 60.0 Å². The van der Waals surface area contributed by atoms with Gasteiger partial charge < -0.3 is 14.6 Å². The van der Waals surface area contributed by atoms with Crippen molar-refractivity contribution in [2.24, 2.45) is 0 Å². The Balaban J connectivity index is 1.67. The van der Waals surface area contributed by atoms with Gasteiger partial charge in [0.1, 0.15) is 5.75 Å². The maximum atomic E-state index is 12.6. The first kappa shape index (κ1) is 18.6. The third-order valence-corrected chi connectivity index (χ3v) is 4.08. The standard InChI is InChI=1S/C21H23N3O3/c1-3-4-7-14-26-17-12-10-16(11-13-17)21(25)23-19-9-6-5-8-18(19)20-22-15(2)27-24-20/h5-6,8-13H,3-4,7,14H2,1-2H3,(H,23,25). The molecule has 1 heterocycles. The van der Waals surface area contributed by atoms with Crippen LogP contribution in [0.3, 0.4) is 0 Å². The van der Waals surface area contributed by atoms with E-state index < -0.39 is 0 Å². The van der Waals surface area contributed by atoms with Crippen molar-refractivity contribution in [3.63, 3.8) is 0 Å². The topological polar surface area (TPSA) is 77.2 Å². The van der Waals surface area contributed by atoms with Crippen molar-refractivity contribution >= 4 is 11.6 Å². The molecule has 6 heteroatoms. The predicted molar refractivity (Wildman–Crippen MR) is 104 cm³/mol. The van der Waals surface area contributed by atoms with E-state index in [0.29, 0.717) is 35.1 Å². The van der Waals surface area contributed by atoms with Gasteiger partial charge in [0.05, 0.1) is 12.3 Å². The summed E-state index contributed by atoms with van der Waals surface area (Å²) in [6, 6.07) is 14.5. The van der Waals surface area contributed by atoms with Crippen LogP contribution in [0.4, 0.5) is 5.69 Å². The quantitative estimate of drug-likeness (QED) is 0.577. The second kappa shape index (κ2) is 8.98. The van der Waals surface area contributed by atoms with Crippen molar-refractivity contribution in [2.75, 3.05) is 11.9 Å². The molecule has 0 aliphatic carbocycles. The molecule has 0 aliphatic heterocycles. The maximum absolute atomic E-state index is 12.6. The summed E-state index contributed by atoms with van der Waals surface area (Å²) < 4.78 is 10.7. The number of anilines is 1. The van der Waals surface area contributed by atoms with Crippen molar-refractivity contribution in [3.8, 4) is 17.1 Å². The van der Waals surface area contributed by atoms with Crippen LogP contribution in [0.15, 0.2) is 53.1 Å². The number of carbonyl (C=O) groups is 1. The fourth-order valence-corrected chi connectivity index (χ4v) is 2.63. The second-order valence-corrected chi connectivity index (χ2v) is 6.22. The summed E-state index contributed by atoms with van der Waals surface area (Å²) in [7, 11) is 0. The Bertz CT molecular complexity index is 888. The van der Waals surface area contributed by atoms with Crippen LogP contribution in [-0.4, -0.2) is 22.7 Å². The van der Waals surface area contributed by atoms with Crippen LogP contribution in [0.25, 0.3) is 11.4 Å². The van der Waals surface area contributed by atoms with Crippen LogP contribution in [0, 0.1) is 6.92 Å². The van der Waals surface area contributed by atoms with Gasteiger partial charge in [0.25, 0.3) is 5.91 Å². The highest BCUT2D eigenvalue weighted by Gasteiger charge is 2.13. The van der Waals surface area contributed by atoms with E-state index in [1.807, 2.05) is 36.4 Å². The molecule has 0 saturated carbocycles. The summed E-state index contributed by atoms with van der Waals surface area (Å²) >= 11 is 0. The third kappa shape index (κ3) is 4.94. The largest absolute Gasteiger partial charge is 0.494 e. The molecule has 6 nitrogen and oxygen atoms in total. The number of aromatic nitrogens is 2. The monoisotopic (exact) mass is 365 g/mol. The number of aryl methyl sites for hydroxylation is 1. The molecule has 0 unspecified atom stereocenters. The number of unbranched alkanes of at least 4 members (excludes halogenated alkanes) is 2. The molecule has 0 saturated heterocycles. The van der Waals surface area contributed by atoms with Gasteiger partial charge in [0.15, 0.2) is 0 Å². The molecule has 3 rings (SSSR count). The van der Waals surface area contributed by atoms with Crippen LogP contribution in [0.2, 0.25) is 0 Å². The number of rotatable bonds is 8. The highest BCUT2D eigenvalue weighted by molar-refractivity contribution is 6.06. The lowest BCUT2D eigenvalue weighted by Gasteiger charge is -2.10. The Morgan fingerprint density at radius 1 is 1.11 bits per heavy atom. The zero-order valence-electron chi connectivity index (χ0n) is 15.6. The zero-order valence-corrected chi connectivity index (χ0v) is 15.6. The summed E-state index contributed by atoms with van der Waals surface area (Å²) in [4.78, 5) is 16.8. The lowest BCUT2D eigenvalue weighted by Crippen LogP contribution is -2.12. The minimum absolute atomic E-state index is 0.208. The van der Waals surface area contributed by atoms with Crippen molar-refractivity contribution < 1.29 is 14.1 Å². The number of amides is 1. The van der Waals surface area contributed by atoms with E-state index in [9.17, 15) is 4.79 Å². The maximum Gasteiger partial charge on any atom is 0.255 e. The molecule has 0 fully saturated rings. The number of hydrogen-bond donors (Lipinski definition) is 1. The number of ether oxygens (including phenoxy) is 1. The van der Waals surface area contributed by atoms with Gasteiger partial charge in [-0.3, -0.25) is 4.79 Å². The Morgan fingerprint density at radius 2 is 1.89 bits per heavy atom. The minimum Gasteiger partial charge on any atom is -0.494 e. The van der Waals surface area contributed by atoms with Gasteiger partial charge in [-0.15, -0.1) is 0 Å². The number of para-hydroxylation sites is 1. The second-order valence-electron chi connectivity index (χ2n) is 6.22. The molecule has 0 aliphatic rings. The molecule has 1 amide bonds. The number of carbonyl (C=O) groups excluding carboxylic acids is 1. The lowest BCUT2D eigenvalue weighted by molar-refractivity contribution is 0.102. The molecule has 1 N–H and O–H groups in total. The number of hydrogen-bond acceptors (Lipinski definition) is 5. The summed E-state index contributed by atoms with van der Waals surface area (Å²) in [6.45, 7) is 4.58. The molecule has 3 aromatic rings. The highest BCUT2D eigenvalue weighted by Crippen LogP contribution is 2.26. The van der Waals surface area contributed by atoms with E-state index in [0.717, 1.165) is 25.0 Å². The van der Waals surface area contributed by atoms with Crippen molar-refractivity contribution in [1.82, 2.24) is 10.1 Å². The van der Waals surface area contributed by atoms with E-state index in [1.165, 1.54) is 0 Å². The molecule has 140 valence electrons. The molecule has 27 heavy (non-hydrogen) atoms. The normalized spacial score (nSPS) is 10.6. The van der Waals surface area contributed by atoms with Crippen LogP contribution in [-0.2, 0) is 0 Å². The Labute approximate surface area is 158 Å². The van der Waals surface area contributed by atoms with Gasteiger partial charge in [-0.25, -0.2) is 0 Å². The summed E-state index contributed by atoms with van der Waals surface area (Å²) in [5.41, 5.74) is 1.89. The fraction of sp³-hybridized carbons (Fsp3) is 0.286. The van der Waals surface area contributed by atoms with Crippen molar-refractivity contribution in [1.29, 1.82) is 0 Å². The van der Waals surface area contributed by atoms with Gasteiger partial charge >= 0.3 is 0 Å². The van der Waals surface area contributed by atoms with Crippen LogP contribution in [0.5, 0.6) is 5.75 Å². The van der Waals surface area contributed by atoms with Crippen LogP contribution < -0.4 is 10.1 Å². The van der Waals surface area contributed by atoms with Crippen LogP contribution >= 0.6 is 0 Å². The first-order valence-electron chi connectivity index (χ1n) is 9.11. The van der Waals surface area contributed by atoms with E-state index in [2.05, 4.69) is 22.4 Å². The average Bonchev–Trinajstić information content (AvgIpc) is 3.12. The van der Waals surface area contributed by atoms with E-state index >= 15 is 0 Å². The summed E-state index contributed by atoms with van der Waals surface area (Å²) in [5, 5.41) is 6.84. The fourth-order valence-electron chi connectivity index (χ4n) is 2.63. The summed E-state index contributed by atoms with van der Waals surface area (Å²) in [5.74, 6) is 1.48. The van der Waals surface area contributed by atoms with Crippen LogP contribution in [0.1, 0.15) is 42.4 Å². The first-order chi connectivity index (χ1) is 13.2. The van der Waals surface area contributed by atoms with E-state index in [-0.39, 0.29) is 5.91 Å². The SMILES string of the molecule is CCCCCOc1ccc(C(=O)Nc2ccccc2-c2noc(C)n2)cc1. The molecule has 1 aromatic heterocycles. The molecule has 0 spiro atoms. The first-order valence-corrected chi connectivity index (χ1v) is 9.11. The van der Waals surface area contributed by atoms with Gasteiger partial charge in [-0.1, -0.05) is 37.1 Å². The van der Waals surface area contributed by atoms with Gasteiger partial charge in [-0.2, -0.15) is 4.98 Å². The molecule has 0 atom stereocenters. The minimum atomic E-state index is -0.208. The van der Waals surface area contributed by atoms with Gasteiger partial charge in [0, 0.05) is 18.1 Å². The molecule has 0 radical (unpaired) electrons. The van der Waals surface area contributed by atoms with Gasteiger partial charge in [-0.05, 0) is 42.8 Å². The lowest BCUT2D eigenvalue weighted by atomic mass is 10.1. The van der Waals surface area contributed by atoms with E-state index in [1.54, 1.807) is 19.1 Å². The zero-order chi connectivity index (χ0) is 19.1. The number of nitrogens with zero attached hydrogens (tertiary/aromatic N) is 2. The smallest absolute Gasteiger partial charge is 0.255 e. The Morgan fingerprint density at radius 3 is 2.59 bits per heavy atom. The average molecular weight is 365 g/mol. The number of benzene rings is 2. The molecule has 0 bridgehead atoms. The Kier molecular flexibility index (Phi) is 6.20. The summed E-state index contributed by atoms with van der Waals surface area (Å²) in [6.07, 6.45) is 3.35. The molecular weight excluding hydrogens is 342 g/mol. The van der Waals surface area contributed by atoms with E-state index in [4.69, 9.17) is 9.26 Å².